The molecule has 2 unspecified atom stereocenters. The van der Waals surface area contributed by atoms with Gasteiger partial charge in [0.05, 0.1) is 19.8 Å². The standard InChI is InChI=1S/C18H27NO3/c1-19(2)11-10-18(8-6-16(21)7-9-18)15-5-4-14(13-20)17(12-15)22-3/h4-6,8,12,16,20-21H,7,9-11,13H2,1-3H3. The number of hydrogen-bond acceptors (Lipinski definition) is 4. The summed E-state index contributed by atoms with van der Waals surface area (Å²) in [6, 6.07) is 6.04. The maximum atomic E-state index is 9.79. The number of methoxy groups -OCH3 is 1. The van der Waals surface area contributed by atoms with E-state index in [0.717, 1.165) is 37.1 Å². The predicted molar refractivity (Wildman–Crippen MR) is 88.1 cm³/mol. The Bertz CT molecular complexity index is 527. The molecule has 2 rings (SSSR count). The van der Waals surface area contributed by atoms with Crippen molar-refractivity contribution in [3.63, 3.8) is 0 Å². The molecule has 0 heterocycles. The Morgan fingerprint density at radius 3 is 2.68 bits per heavy atom. The first-order valence-electron chi connectivity index (χ1n) is 7.81. The van der Waals surface area contributed by atoms with Crippen LogP contribution in [0.4, 0.5) is 0 Å². The molecule has 4 heteroatoms. The van der Waals surface area contributed by atoms with Crippen molar-refractivity contribution in [3.8, 4) is 5.75 Å². The van der Waals surface area contributed by atoms with Crippen LogP contribution in [0.3, 0.4) is 0 Å². The van der Waals surface area contributed by atoms with Gasteiger partial charge < -0.3 is 19.8 Å². The third-order valence-electron chi connectivity index (χ3n) is 4.56. The molecule has 0 aliphatic heterocycles. The molecule has 0 bridgehead atoms. The van der Waals surface area contributed by atoms with Crippen LogP contribution < -0.4 is 4.74 Å². The Labute approximate surface area is 133 Å². The van der Waals surface area contributed by atoms with E-state index in [1.54, 1.807) is 7.11 Å². The van der Waals surface area contributed by atoms with Crippen LogP contribution in [-0.2, 0) is 12.0 Å². The van der Waals surface area contributed by atoms with Crippen LogP contribution in [0.25, 0.3) is 0 Å². The van der Waals surface area contributed by atoms with Gasteiger partial charge in [-0.1, -0.05) is 24.3 Å². The van der Waals surface area contributed by atoms with Gasteiger partial charge in [0.15, 0.2) is 0 Å². The smallest absolute Gasteiger partial charge is 0.124 e. The van der Waals surface area contributed by atoms with Gasteiger partial charge in [-0.25, -0.2) is 0 Å². The van der Waals surface area contributed by atoms with Crippen molar-refractivity contribution in [1.82, 2.24) is 4.90 Å². The zero-order valence-electron chi connectivity index (χ0n) is 13.7. The molecule has 0 amide bonds. The number of rotatable bonds is 6. The second-order valence-electron chi connectivity index (χ2n) is 6.36. The Balaban J connectivity index is 2.38. The number of aliphatic hydroxyl groups is 2. The van der Waals surface area contributed by atoms with E-state index in [4.69, 9.17) is 4.74 Å². The van der Waals surface area contributed by atoms with Crippen molar-refractivity contribution in [3.05, 3.63) is 41.5 Å². The van der Waals surface area contributed by atoms with E-state index < -0.39 is 0 Å². The van der Waals surface area contributed by atoms with Crippen LogP contribution >= 0.6 is 0 Å². The fourth-order valence-electron chi connectivity index (χ4n) is 3.08. The highest BCUT2D eigenvalue weighted by Crippen LogP contribution is 2.40. The molecule has 0 saturated carbocycles. The molecule has 1 aromatic carbocycles. The van der Waals surface area contributed by atoms with Gasteiger partial charge in [0.25, 0.3) is 0 Å². The lowest BCUT2D eigenvalue weighted by molar-refractivity contribution is 0.183. The summed E-state index contributed by atoms with van der Waals surface area (Å²) in [5, 5.41) is 19.2. The Kier molecular flexibility index (Phi) is 5.62. The fraction of sp³-hybridized carbons (Fsp3) is 0.556. The number of hydrogen-bond donors (Lipinski definition) is 2. The Morgan fingerprint density at radius 2 is 2.14 bits per heavy atom. The third-order valence-corrected chi connectivity index (χ3v) is 4.56. The lowest BCUT2D eigenvalue weighted by Gasteiger charge is -2.36. The highest BCUT2D eigenvalue weighted by atomic mass is 16.5. The normalized spacial score (nSPS) is 24.7. The highest BCUT2D eigenvalue weighted by Gasteiger charge is 2.33. The molecule has 0 fully saturated rings. The van der Waals surface area contributed by atoms with E-state index in [1.807, 2.05) is 18.2 Å². The van der Waals surface area contributed by atoms with Crippen LogP contribution in [0, 0.1) is 0 Å². The Hall–Kier alpha value is -1.36. The number of benzene rings is 1. The predicted octanol–water partition coefficient (Wildman–Crippen LogP) is 2.09. The minimum absolute atomic E-state index is 0.0251. The SMILES string of the molecule is COc1cc(C2(CCN(C)C)C=CC(O)CC2)ccc1CO. The molecular formula is C18H27NO3. The molecule has 22 heavy (non-hydrogen) atoms. The average molecular weight is 305 g/mol. The number of ether oxygens (including phenoxy) is 1. The average Bonchev–Trinajstić information content (AvgIpc) is 2.54. The summed E-state index contributed by atoms with van der Waals surface area (Å²) in [6.45, 7) is 0.952. The number of aliphatic hydroxyl groups excluding tert-OH is 2. The monoisotopic (exact) mass is 305 g/mol. The van der Waals surface area contributed by atoms with E-state index in [9.17, 15) is 10.2 Å². The maximum absolute atomic E-state index is 9.79. The van der Waals surface area contributed by atoms with Gasteiger partial charge in [0.1, 0.15) is 5.75 Å². The van der Waals surface area contributed by atoms with E-state index in [0.29, 0.717) is 0 Å². The van der Waals surface area contributed by atoms with Gasteiger partial charge in [0.2, 0.25) is 0 Å². The van der Waals surface area contributed by atoms with Crippen LogP contribution in [0.5, 0.6) is 5.75 Å². The largest absolute Gasteiger partial charge is 0.496 e. The summed E-state index contributed by atoms with van der Waals surface area (Å²) in [7, 11) is 5.78. The van der Waals surface area contributed by atoms with Gasteiger partial charge in [-0.05, 0) is 51.5 Å². The van der Waals surface area contributed by atoms with Crippen molar-refractivity contribution < 1.29 is 14.9 Å². The summed E-state index contributed by atoms with van der Waals surface area (Å²) in [4.78, 5) is 2.18. The summed E-state index contributed by atoms with van der Waals surface area (Å²) in [6.07, 6.45) is 6.40. The topological polar surface area (TPSA) is 52.9 Å². The lowest BCUT2D eigenvalue weighted by Crippen LogP contribution is -2.33. The Morgan fingerprint density at radius 1 is 1.36 bits per heavy atom. The van der Waals surface area contributed by atoms with Gasteiger partial charge in [-0.15, -0.1) is 0 Å². The summed E-state index contributed by atoms with van der Waals surface area (Å²) < 4.78 is 5.42. The molecule has 2 atom stereocenters. The van der Waals surface area contributed by atoms with E-state index >= 15 is 0 Å². The molecular weight excluding hydrogens is 278 g/mol. The van der Waals surface area contributed by atoms with Crippen molar-refractivity contribution in [2.45, 2.75) is 37.4 Å². The quantitative estimate of drug-likeness (QED) is 0.790. The second-order valence-corrected chi connectivity index (χ2v) is 6.36. The van der Waals surface area contributed by atoms with Crippen LogP contribution in [0.15, 0.2) is 30.4 Å². The third kappa shape index (κ3) is 3.69. The van der Waals surface area contributed by atoms with Gasteiger partial charge in [-0.2, -0.15) is 0 Å². The maximum Gasteiger partial charge on any atom is 0.124 e. The molecule has 1 aliphatic carbocycles. The van der Waals surface area contributed by atoms with Gasteiger partial charge in [-0.3, -0.25) is 0 Å². The van der Waals surface area contributed by atoms with E-state index in [1.165, 1.54) is 5.56 Å². The fourth-order valence-corrected chi connectivity index (χ4v) is 3.08. The highest BCUT2D eigenvalue weighted by molar-refractivity contribution is 5.43. The van der Waals surface area contributed by atoms with Crippen LogP contribution in [-0.4, -0.2) is 49.0 Å². The van der Waals surface area contributed by atoms with Crippen molar-refractivity contribution >= 4 is 0 Å². The van der Waals surface area contributed by atoms with Crippen molar-refractivity contribution in [2.75, 3.05) is 27.7 Å². The zero-order chi connectivity index (χ0) is 16.2. The van der Waals surface area contributed by atoms with Gasteiger partial charge in [0, 0.05) is 11.0 Å². The molecule has 0 radical (unpaired) electrons. The molecule has 0 saturated heterocycles. The second kappa shape index (κ2) is 7.27. The molecule has 1 aromatic rings. The molecule has 4 nitrogen and oxygen atoms in total. The summed E-state index contributed by atoms with van der Waals surface area (Å²) in [5.41, 5.74) is 1.91. The number of nitrogens with zero attached hydrogens (tertiary/aromatic N) is 1. The van der Waals surface area contributed by atoms with E-state index in [2.05, 4.69) is 31.1 Å². The molecule has 2 N–H and O–H groups in total. The first-order chi connectivity index (χ1) is 10.5. The minimum atomic E-state index is -0.342. The van der Waals surface area contributed by atoms with Crippen molar-refractivity contribution in [1.29, 1.82) is 0 Å². The van der Waals surface area contributed by atoms with E-state index in [-0.39, 0.29) is 18.1 Å². The van der Waals surface area contributed by atoms with Crippen LogP contribution in [0.1, 0.15) is 30.4 Å². The first-order valence-corrected chi connectivity index (χ1v) is 7.81. The zero-order valence-corrected chi connectivity index (χ0v) is 13.7. The molecule has 0 spiro atoms. The lowest BCUT2D eigenvalue weighted by atomic mass is 9.70. The molecule has 122 valence electrons. The van der Waals surface area contributed by atoms with Gasteiger partial charge >= 0.3 is 0 Å². The number of allylic oxidation sites excluding steroid dienone is 1. The van der Waals surface area contributed by atoms with Crippen LogP contribution in [0.2, 0.25) is 0 Å². The minimum Gasteiger partial charge on any atom is -0.496 e. The molecule has 0 aromatic heterocycles. The first kappa shape index (κ1) is 17.0. The summed E-state index contributed by atoms with van der Waals surface area (Å²) in [5.74, 6) is 0.726. The summed E-state index contributed by atoms with van der Waals surface area (Å²) >= 11 is 0. The van der Waals surface area contributed by atoms with Crippen molar-refractivity contribution in [2.24, 2.45) is 0 Å². The molecule has 1 aliphatic rings.